The topological polar surface area (TPSA) is 81.5 Å². The Bertz CT molecular complexity index is 880. The van der Waals surface area contributed by atoms with Gasteiger partial charge in [-0.3, -0.25) is 5.10 Å². The highest BCUT2D eigenvalue weighted by molar-refractivity contribution is 5.62. The number of nitriles is 1. The van der Waals surface area contributed by atoms with Gasteiger partial charge in [-0.05, 0) is 18.6 Å². The molecule has 6 heteroatoms. The maximum absolute atomic E-state index is 8.97. The molecule has 3 heterocycles. The fraction of sp³-hybridized carbons (Fsp3) is 0.222. The summed E-state index contributed by atoms with van der Waals surface area (Å²) in [7, 11) is 0. The maximum atomic E-state index is 8.97. The van der Waals surface area contributed by atoms with E-state index in [0.717, 1.165) is 35.7 Å². The molecular weight excluding hydrogens is 300 g/mol. The van der Waals surface area contributed by atoms with Crippen LogP contribution in [0.4, 0.5) is 0 Å². The minimum absolute atomic E-state index is 0.225. The third-order valence-corrected chi connectivity index (χ3v) is 4.27. The van der Waals surface area contributed by atoms with Crippen molar-refractivity contribution < 1.29 is 0 Å². The van der Waals surface area contributed by atoms with Crippen molar-refractivity contribution in [3.8, 4) is 29.0 Å². The van der Waals surface area contributed by atoms with Crippen molar-refractivity contribution in [3.63, 3.8) is 0 Å². The second-order valence-corrected chi connectivity index (χ2v) is 5.85. The number of benzene rings is 1. The largest absolute Gasteiger partial charge is 0.310 e. The van der Waals surface area contributed by atoms with E-state index in [-0.39, 0.29) is 5.92 Å². The predicted octanol–water partition coefficient (Wildman–Crippen LogP) is 2.80. The number of hydrogen-bond donors (Lipinski definition) is 1. The maximum Gasteiger partial charge on any atom is 0.199 e. The van der Waals surface area contributed by atoms with Gasteiger partial charge < -0.3 is 4.90 Å². The predicted molar refractivity (Wildman–Crippen MR) is 89.6 cm³/mol. The van der Waals surface area contributed by atoms with Gasteiger partial charge >= 0.3 is 0 Å². The summed E-state index contributed by atoms with van der Waals surface area (Å²) in [4.78, 5) is 11.0. The third-order valence-electron chi connectivity index (χ3n) is 4.27. The number of hydrogen-bond acceptors (Lipinski definition) is 5. The first-order valence-electron chi connectivity index (χ1n) is 7.93. The molecule has 0 bridgehead atoms. The van der Waals surface area contributed by atoms with Crippen LogP contribution >= 0.6 is 0 Å². The Hall–Kier alpha value is -3.20. The molecule has 0 amide bonds. The van der Waals surface area contributed by atoms with Crippen molar-refractivity contribution in [3.05, 3.63) is 54.4 Å². The average molecular weight is 316 g/mol. The Balaban J connectivity index is 1.60. The second-order valence-electron chi connectivity index (χ2n) is 5.85. The summed E-state index contributed by atoms with van der Waals surface area (Å²) >= 11 is 0. The normalized spacial score (nSPS) is 17.0. The third kappa shape index (κ3) is 2.72. The van der Waals surface area contributed by atoms with E-state index < -0.39 is 0 Å². The Labute approximate surface area is 139 Å². The standard InChI is InChI=1S/C18H16N6/c19-12-24-10-9-14(11-24)17-21-18(23-22-17)16-8-4-7-15(20-16)13-5-2-1-3-6-13/h1-8,14H,9-11H2,(H,21,22,23). The van der Waals surface area contributed by atoms with Gasteiger partial charge in [0.1, 0.15) is 11.5 Å². The minimum Gasteiger partial charge on any atom is -0.310 e. The van der Waals surface area contributed by atoms with Gasteiger partial charge in [-0.2, -0.15) is 10.4 Å². The summed E-state index contributed by atoms with van der Waals surface area (Å²) in [6, 6.07) is 15.9. The van der Waals surface area contributed by atoms with Gasteiger partial charge in [0.2, 0.25) is 0 Å². The van der Waals surface area contributed by atoms with Crippen molar-refractivity contribution in [1.29, 1.82) is 5.26 Å². The number of aromatic amines is 1. The van der Waals surface area contributed by atoms with Gasteiger partial charge in [-0.15, -0.1) is 0 Å². The Morgan fingerprint density at radius 2 is 1.88 bits per heavy atom. The van der Waals surface area contributed by atoms with Crippen LogP contribution in [0.25, 0.3) is 22.8 Å². The van der Waals surface area contributed by atoms with Crippen LogP contribution in [-0.4, -0.2) is 38.2 Å². The zero-order valence-electron chi connectivity index (χ0n) is 13.1. The molecule has 1 atom stereocenters. The van der Waals surface area contributed by atoms with E-state index in [9.17, 15) is 0 Å². The summed E-state index contributed by atoms with van der Waals surface area (Å²) in [6.07, 6.45) is 3.10. The molecule has 1 aliphatic heterocycles. The van der Waals surface area contributed by atoms with Crippen molar-refractivity contribution in [2.75, 3.05) is 13.1 Å². The first-order chi connectivity index (χ1) is 11.8. The van der Waals surface area contributed by atoms with E-state index in [0.29, 0.717) is 12.4 Å². The molecule has 1 unspecified atom stereocenters. The van der Waals surface area contributed by atoms with Crippen LogP contribution in [0.5, 0.6) is 0 Å². The van der Waals surface area contributed by atoms with Crippen molar-refractivity contribution in [1.82, 2.24) is 25.1 Å². The minimum atomic E-state index is 0.225. The van der Waals surface area contributed by atoms with Crippen molar-refractivity contribution >= 4 is 0 Å². The molecule has 2 aromatic heterocycles. The number of rotatable bonds is 3. The molecule has 0 saturated carbocycles. The van der Waals surface area contributed by atoms with Crippen molar-refractivity contribution in [2.24, 2.45) is 0 Å². The quantitative estimate of drug-likeness (QED) is 0.751. The molecule has 0 radical (unpaired) electrons. The van der Waals surface area contributed by atoms with E-state index in [1.165, 1.54) is 0 Å². The number of aromatic nitrogens is 4. The summed E-state index contributed by atoms with van der Waals surface area (Å²) in [5.74, 6) is 1.65. The van der Waals surface area contributed by atoms with Crippen molar-refractivity contribution in [2.45, 2.75) is 12.3 Å². The van der Waals surface area contributed by atoms with Crippen LogP contribution in [-0.2, 0) is 0 Å². The molecule has 4 rings (SSSR count). The van der Waals surface area contributed by atoms with Crippen LogP contribution in [0.15, 0.2) is 48.5 Å². The molecule has 24 heavy (non-hydrogen) atoms. The SMILES string of the molecule is N#CN1CCC(c2nc(-c3cccc(-c4ccccc4)n3)n[nH]2)C1. The van der Waals surface area contributed by atoms with Crippen LogP contribution in [0.2, 0.25) is 0 Å². The summed E-state index contributed by atoms with van der Waals surface area (Å²) in [5, 5.41) is 16.3. The Morgan fingerprint density at radius 1 is 1.04 bits per heavy atom. The molecule has 1 N–H and O–H groups in total. The van der Waals surface area contributed by atoms with Gasteiger partial charge in [0, 0.05) is 24.6 Å². The van der Waals surface area contributed by atoms with E-state index in [1.807, 2.05) is 48.5 Å². The molecule has 118 valence electrons. The summed E-state index contributed by atoms with van der Waals surface area (Å²) in [6.45, 7) is 1.47. The Morgan fingerprint density at radius 3 is 2.67 bits per heavy atom. The zero-order chi connectivity index (χ0) is 16.4. The first kappa shape index (κ1) is 14.4. The highest BCUT2D eigenvalue weighted by Gasteiger charge is 2.26. The number of nitrogens with one attached hydrogen (secondary N) is 1. The fourth-order valence-corrected chi connectivity index (χ4v) is 2.97. The van der Waals surface area contributed by atoms with Crippen LogP contribution in [0.3, 0.4) is 0 Å². The second kappa shape index (κ2) is 6.13. The number of nitrogens with zero attached hydrogens (tertiary/aromatic N) is 5. The fourth-order valence-electron chi connectivity index (χ4n) is 2.97. The van der Waals surface area contributed by atoms with E-state index in [1.54, 1.807) is 4.90 Å². The van der Waals surface area contributed by atoms with Gasteiger partial charge in [-0.1, -0.05) is 36.4 Å². The van der Waals surface area contributed by atoms with E-state index in [2.05, 4.69) is 26.4 Å². The highest BCUT2D eigenvalue weighted by atomic mass is 15.2. The average Bonchev–Trinajstić information content (AvgIpc) is 3.32. The molecule has 1 aliphatic rings. The molecule has 6 nitrogen and oxygen atoms in total. The number of pyridine rings is 1. The molecule has 1 aromatic carbocycles. The van der Waals surface area contributed by atoms with Gasteiger partial charge in [-0.25, -0.2) is 9.97 Å². The molecule has 0 aliphatic carbocycles. The molecule has 3 aromatic rings. The highest BCUT2D eigenvalue weighted by Crippen LogP contribution is 2.26. The summed E-state index contributed by atoms with van der Waals surface area (Å²) < 4.78 is 0. The number of likely N-dealkylation sites (tertiary alicyclic amines) is 1. The lowest BCUT2D eigenvalue weighted by Gasteiger charge is -2.05. The first-order valence-corrected chi connectivity index (χ1v) is 7.93. The lowest BCUT2D eigenvalue weighted by atomic mass is 10.1. The van der Waals surface area contributed by atoms with Crippen LogP contribution in [0, 0.1) is 11.5 Å². The molecule has 1 saturated heterocycles. The Kier molecular flexibility index (Phi) is 3.67. The van der Waals surface area contributed by atoms with E-state index >= 15 is 0 Å². The van der Waals surface area contributed by atoms with E-state index in [4.69, 9.17) is 5.26 Å². The van der Waals surface area contributed by atoms with Gasteiger partial charge in [0.25, 0.3) is 0 Å². The molecule has 0 spiro atoms. The van der Waals surface area contributed by atoms with Gasteiger partial charge in [0.15, 0.2) is 12.0 Å². The number of H-pyrrole nitrogens is 1. The summed E-state index contributed by atoms with van der Waals surface area (Å²) in [5.41, 5.74) is 2.71. The lowest BCUT2D eigenvalue weighted by molar-refractivity contribution is 0.476. The zero-order valence-corrected chi connectivity index (χ0v) is 13.1. The van der Waals surface area contributed by atoms with Gasteiger partial charge in [0.05, 0.1) is 5.69 Å². The lowest BCUT2D eigenvalue weighted by Crippen LogP contribution is -2.13. The monoisotopic (exact) mass is 316 g/mol. The van der Waals surface area contributed by atoms with Crippen LogP contribution in [0.1, 0.15) is 18.2 Å². The molecule has 1 fully saturated rings. The molecular formula is C18H16N6. The smallest absolute Gasteiger partial charge is 0.199 e. The van der Waals surface area contributed by atoms with Crippen LogP contribution < -0.4 is 0 Å².